The average Bonchev–Trinajstić information content (AvgIpc) is 3.37. The van der Waals surface area contributed by atoms with E-state index in [1.807, 2.05) is 25.1 Å². The molecule has 1 amide bonds. The number of ether oxygens (including phenoxy) is 1. The lowest BCUT2D eigenvalue weighted by atomic mass is 10.2. The molecule has 2 atom stereocenters. The maximum Gasteiger partial charge on any atom is 0.233 e. The number of nitrogens with zero attached hydrogens (tertiary/aromatic N) is 2. The molecule has 0 unspecified atom stereocenters. The molecular formula is C20H21N3O2S2. The van der Waals surface area contributed by atoms with Crippen LogP contribution in [0.4, 0.5) is 0 Å². The zero-order valence-corrected chi connectivity index (χ0v) is 16.7. The Morgan fingerprint density at radius 1 is 1.37 bits per heavy atom. The van der Waals surface area contributed by atoms with Crippen LogP contribution in [0.2, 0.25) is 0 Å². The summed E-state index contributed by atoms with van der Waals surface area (Å²) in [5.41, 5.74) is 1.17. The number of carbonyl (C=O) groups excluding carboxylic acids is 1. The number of thiophene rings is 1. The second-order valence-electron chi connectivity index (χ2n) is 6.51. The average molecular weight is 400 g/mol. The molecule has 1 N–H and O–H groups in total. The number of fused-ring (bicyclic) bond motifs is 1. The first-order valence-electron chi connectivity index (χ1n) is 9.06. The Hall–Kier alpha value is -1.96. The van der Waals surface area contributed by atoms with Crippen molar-refractivity contribution in [2.75, 3.05) is 13.2 Å². The summed E-state index contributed by atoms with van der Waals surface area (Å²) in [7, 11) is 0. The van der Waals surface area contributed by atoms with Gasteiger partial charge in [0.2, 0.25) is 5.91 Å². The second-order valence-corrected chi connectivity index (χ2v) is 8.87. The molecule has 5 nitrogen and oxygen atoms in total. The highest BCUT2D eigenvalue weighted by Crippen LogP contribution is 2.37. The highest BCUT2D eigenvalue weighted by molar-refractivity contribution is 8.00. The first kappa shape index (κ1) is 18.4. The third kappa shape index (κ3) is 4.31. The molecular weight excluding hydrogens is 378 g/mol. The van der Waals surface area contributed by atoms with E-state index in [2.05, 4.69) is 33.5 Å². The van der Waals surface area contributed by atoms with Gasteiger partial charge >= 0.3 is 0 Å². The summed E-state index contributed by atoms with van der Waals surface area (Å²) in [5.74, 6) is 0.0146. The Kier molecular flexibility index (Phi) is 5.71. The van der Waals surface area contributed by atoms with E-state index in [0.29, 0.717) is 6.54 Å². The number of benzene rings is 1. The summed E-state index contributed by atoms with van der Waals surface area (Å²) in [4.78, 5) is 23.4. The Morgan fingerprint density at radius 2 is 2.22 bits per heavy atom. The summed E-state index contributed by atoms with van der Waals surface area (Å²) in [6, 6.07) is 12.4. The number of rotatable bonds is 6. The molecule has 3 aromatic rings. The number of amides is 1. The Morgan fingerprint density at radius 3 is 3.00 bits per heavy atom. The molecule has 7 heteroatoms. The van der Waals surface area contributed by atoms with Crippen LogP contribution in [0.5, 0.6) is 0 Å². The Bertz CT molecular complexity index is 923. The summed E-state index contributed by atoms with van der Waals surface area (Å²) in [6.07, 6.45) is 3.83. The van der Waals surface area contributed by atoms with Gasteiger partial charge in [0, 0.05) is 23.4 Å². The predicted octanol–water partition coefficient (Wildman–Crippen LogP) is 4.13. The minimum atomic E-state index is -0.232. The van der Waals surface area contributed by atoms with Gasteiger partial charge in [0.15, 0.2) is 0 Å². The van der Waals surface area contributed by atoms with Crippen LogP contribution in [0.1, 0.15) is 19.8 Å². The largest absolute Gasteiger partial charge is 0.376 e. The predicted molar refractivity (Wildman–Crippen MR) is 110 cm³/mol. The van der Waals surface area contributed by atoms with Crippen LogP contribution >= 0.6 is 23.1 Å². The van der Waals surface area contributed by atoms with Gasteiger partial charge in [-0.1, -0.05) is 42.1 Å². The molecule has 3 heterocycles. The van der Waals surface area contributed by atoms with E-state index in [-0.39, 0.29) is 17.3 Å². The molecule has 0 spiro atoms. The third-order valence-corrected chi connectivity index (χ3v) is 6.75. The minimum Gasteiger partial charge on any atom is -0.376 e. The van der Waals surface area contributed by atoms with E-state index >= 15 is 0 Å². The lowest BCUT2D eigenvalue weighted by Gasteiger charge is -2.14. The monoisotopic (exact) mass is 399 g/mol. The number of aromatic nitrogens is 2. The summed E-state index contributed by atoms with van der Waals surface area (Å²) < 4.78 is 5.56. The fraction of sp³-hybridized carbons (Fsp3) is 0.350. The van der Waals surface area contributed by atoms with E-state index in [4.69, 9.17) is 4.74 Å². The van der Waals surface area contributed by atoms with Crippen LogP contribution in [0, 0.1) is 0 Å². The standard InChI is InChI=1S/C20H21N3O2S2/c1-13(18(24)21-11-15-8-5-9-25-15)26-19-16-10-17(14-6-3-2-4-7-14)27-20(16)23-12-22-19/h2-4,6-7,10,12-13,15H,5,8-9,11H2,1H3,(H,21,24)/t13-,15-/m1/s1. The van der Waals surface area contributed by atoms with Gasteiger partial charge in [-0.2, -0.15) is 0 Å². The van der Waals surface area contributed by atoms with Crippen LogP contribution in [0.25, 0.3) is 20.7 Å². The molecule has 140 valence electrons. The van der Waals surface area contributed by atoms with Crippen LogP contribution in [-0.4, -0.2) is 40.4 Å². The molecule has 4 rings (SSSR count). The fourth-order valence-electron chi connectivity index (χ4n) is 3.06. The molecule has 0 bridgehead atoms. The van der Waals surface area contributed by atoms with Crippen LogP contribution < -0.4 is 5.32 Å². The van der Waals surface area contributed by atoms with E-state index in [0.717, 1.165) is 39.6 Å². The highest BCUT2D eigenvalue weighted by Gasteiger charge is 2.21. The fourth-order valence-corrected chi connectivity index (χ4v) is 5.04. The summed E-state index contributed by atoms with van der Waals surface area (Å²) in [5, 5.41) is 4.62. The SMILES string of the molecule is C[C@@H](Sc1ncnc2sc(-c3ccccc3)cc12)C(=O)NC[C@H]1CCCO1. The molecule has 0 saturated carbocycles. The maximum absolute atomic E-state index is 12.4. The molecule has 1 aliphatic heterocycles. The highest BCUT2D eigenvalue weighted by atomic mass is 32.2. The molecule has 2 aromatic heterocycles. The molecule has 0 radical (unpaired) electrons. The van der Waals surface area contributed by atoms with Crippen LogP contribution in [0.3, 0.4) is 0 Å². The van der Waals surface area contributed by atoms with Crippen molar-refractivity contribution in [3.63, 3.8) is 0 Å². The van der Waals surface area contributed by atoms with Crippen molar-refractivity contribution < 1.29 is 9.53 Å². The normalized spacial score (nSPS) is 17.9. The van der Waals surface area contributed by atoms with E-state index in [9.17, 15) is 4.79 Å². The van der Waals surface area contributed by atoms with Crippen molar-refractivity contribution in [3.8, 4) is 10.4 Å². The van der Waals surface area contributed by atoms with Crippen molar-refractivity contribution in [1.29, 1.82) is 0 Å². The first-order valence-corrected chi connectivity index (χ1v) is 10.8. The molecule has 1 aromatic carbocycles. The number of carbonyl (C=O) groups is 1. The zero-order chi connectivity index (χ0) is 18.6. The van der Waals surface area contributed by atoms with Gasteiger partial charge < -0.3 is 10.1 Å². The Balaban J connectivity index is 1.48. The molecule has 27 heavy (non-hydrogen) atoms. The van der Waals surface area contributed by atoms with E-state index < -0.39 is 0 Å². The number of hydrogen-bond donors (Lipinski definition) is 1. The zero-order valence-electron chi connectivity index (χ0n) is 15.1. The topological polar surface area (TPSA) is 64.1 Å². The van der Waals surface area contributed by atoms with Crippen LogP contribution in [-0.2, 0) is 9.53 Å². The van der Waals surface area contributed by atoms with Gasteiger partial charge in [0.25, 0.3) is 0 Å². The van der Waals surface area contributed by atoms with Gasteiger partial charge in [0.05, 0.1) is 11.4 Å². The van der Waals surface area contributed by atoms with E-state index in [1.165, 1.54) is 17.3 Å². The van der Waals surface area contributed by atoms with Crippen molar-refractivity contribution in [2.24, 2.45) is 0 Å². The minimum absolute atomic E-state index is 0.0146. The molecule has 1 saturated heterocycles. The maximum atomic E-state index is 12.4. The number of hydrogen-bond acceptors (Lipinski definition) is 6. The van der Waals surface area contributed by atoms with Gasteiger partial charge in [-0.3, -0.25) is 4.79 Å². The lowest BCUT2D eigenvalue weighted by Crippen LogP contribution is -2.36. The van der Waals surface area contributed by atoms with E-state index in [1.54, 1.807) is 17.7 Å². The summed E-state index contributed by atoms with van der Waals surface area (Å²) in [6.45, 7) is 3.29. The van der Waals surface area contributed by atoms with Gasteiger partial charge in [-0.25, -0.2) is 9.97 Å². The van der Waals surface area contributed by atoms with Crippen molar-refractivity contribution in [1.82, 2.24) is 15.3 Å². The molecule has 1 fully saturated rings. The van der Waals surface area contributed by atoms with Crippen LogP contribution in [0.15, 0.2) is 47.8 Å². The summed E-state index contributed by atoms with van der Waals surface area (Å²) >= 11 is 3.12. The Labute approximate surface area is 166 Å². The first-order chi connectivity index (χ1) is 13.2. The third-order valence-electron chi connectivity index (χ3n) is 4.54. The smallest absolute Gasteiger partial charge is 0.233 e. The van der Waals surface area contributed by atoms with Gasteiger partial charge in [0.1, 0.15) is 16.2 Å². The number of thioether (sulfide) groups is 1. The second kappa shape index (κ2) is 8.37. The van der Waals surface area contributed by atoms with Gasteiger partial charge in [-0.15, -0.1) is 11.3 Å². The molecule has 0 aliphatic carbocycles. The van der Waals surface area contributed by atoms with Crippen molar-refractivity contribution in [3.05, 3.63) is 42.7 Å². The van der Waals surface area contributed by atoms with Gasteiger partial charge in [-0.05, 0) is 31.4 Å². The quantitative estimate of drug-likeness (QED) is 0.499. The van der Waals surface area contributed by atoms with Crippen molar-refractivity contribution >= 4 is 39.2 Å². The lowest BCUT2D eigenvalue weighted by molar-refractivity contribution is -0.120. The van der Waals surface area contributed by atoms with Crippen molar-refractivity contribution in [2.45, 2.75) is 36.1 Å². The number of nitrogens with one attached hydrogen (secondary N) is 1. The molecule has 1 aliphatic rings.